The van der Waals surface area contributed by atoms with Crippen LogP contribution in [0.4, 0.5) is 0 Å². The summed E-state index contributed by atoms with van der Waals surface area (Å²) in [6.07, 6.45) is 11.6. The lowest BCUT2D eigenvalue weighted by atomic mass is 9.74. The fourth-order valence-electron chi connectivity index (χ4n) is 7.00. The Morgan fingerprint density at radius 1 is 0.703 bits per heavy atom. The van der Waals surface area contributed by atoms with Crippen LogP contribution in [0.1, 0.15) is 163 Å². The van der Waals surface area contributed by atoms with E-state index in [2.05, 4.69) is 65.8 Å². The Hall–Kier alpha value is -1.41. The Balaban J connectivity index is 2.08. The molecule has 37 heavy (non-hydrogen) atoms. The zero-order valence-corrected chi connectivity index (χ0v) is 24.9. The summed E-state index contributed by atoms with van der Waals surface area (Å²) in [5.41, 5.74) is 7.85. The standard InChI is InChI=1S/C33H49O3P/c1-21(2)26-19-29(22(3)4)32(30(20-26)23(5)6)28-18-17-27(24-13-9-7-10-14-24)31(33(28)37(34,35)36)25-15-11-8-12-16-25/h17-25H,7-16H2,1-6H3,(H2,34,35,36). The van der Waals surface area contributed by atoms with Gasteiger partial charge in [-0.15, -0.1) is 0 Å². The summed E-state index contributed by atoms with van der Waals surface area (Å²) in [6, 6.07) is 8.97. The van der Waals surface area contributed by atoms with Gasteiger partial charge in [-0.25, -0.2) is 0 Å². The van der Waals surface area contributed by atoms with Crippen molar-refractivity contribution in [2.24, 2.45) is 0 Å². The Bertz CT molecular complexity index is 1100. The molecule has 2 fully saturated rings. The van der Waals surface area contributed by atoms with Gasteiger partial charge in [0.05, 0.1) is 5.30 Å². The second-order valence-electron chi connectivity index (χ2n) is 12.7. The maximum absolute atomic E-state index is 13.6. The summed E-state index contributed by atoms with van der Waals surface area (Å²) >= 11 is 0. The molecule has 204 valence electrons. The van der Waals surface area contributed by atoms with E-state index in [0.29, 0.717) is 17.1 Å². The van der Waals surface area contributed by atoms with Gasteiger partial charge in [0.2, 0.25) is 0 Å². The van der Waals surface area contributed by atoms with Gasteiger partial charge in [-0.3, -0.25) is 4.57 Å². The van der Waals surface area contributed by atoms with E-state index in [1.165, 1.54) is 47.9 Å². The first-order valence-electron chi connectivity index (χ1n) is 14.9. The highest BCUT2D eigenvalue weighted by atomic mass is 31.2. The van der Waals surface area contributed by atoms with Crippen LogP contribution in [-0.2, 0) is 4.57 Å². The van der Waals surface area contributed by atoms with Crippen molar-refractivity contribution in [2.75, 3.05) is 0 Å². The predicted octanol–water partition coefficient (Wildman–Crippen LogP) is 9.62. The molecule has 0 heterocycles. The summed E-state index contributed by atoms with van der Waals surface area (Å²) in [4.78, 5) is 22.2. The van der Waals surface area contributed by atoms with E-state index in [-0.39, 0.29) is 17.8 Å². The van der Waals surface area contributed by atoms with Gasteiger partial charge in [0.15, 0.2) is 0 Å². The topological polar surface area (TPSA) is 57.5 Å². The SMILES string of the molecule is CC(C)c1cc(C(C)C)c(-c2ccc(C3CCCCC3)c(C3CCCCC3)c2P(=O)(O)O)c(C(C)C)c1. The first-order valence-corrected chi connectivity index (χ1v) is 16.5. The molecule has 2 aromatic carbocycles. The van der Waals surface area contributed by atoms with E-state index < -0.39 is 7.60 Å². The average Bonchev–Trinajstić information content (AvgIpc) is 2.87. The van der Waals surface area contributed by atoms with E-state index in [9.17, 15) is 14.4 Å². The van der Waals surface area contributed by atoms with E-state index in [1.54, 1.807) is 0 Å². The molecular formula is C33H49O3P. The molecule has 4 heteroatoms. The normalized spacial score (nSPS) is 18.4. The third kappa shape index (κ3) is 6.10. The molecule has 3 nitrogen and oxygen atoms in total. The second kappa shape index (κ2) is 11.8. The van der Waals surface area contributed by atoms with Crippen molar-refractivity contribution in [1.29, 1.82) is 0 Å². The van der Waals surface area contributed by atoms with Gasteiger partial charge in [-0.05, 0) is 94.2 Å². The van der Waals surface area contributed by atoms with Crippen LogP contribution >= 0.6 is 7.60 Å². The largest absolute Gasteiger partial charge is 0.357 e. The molecule has 2 N–H and O–H groups in total. The summed E-state index contributed by atoms with van der Waals surface area (Å²) in [6.45, 7) is 13.3. The highest BCUT2D eigenvalue weighted by molar-refractivity contribution is 7.60. The molecule has 0 amide bonds. The van der Waals surface area contributed by atoms with E-state index in [1.807, 2.05) is 0 Å². The Labute approximate surface area is 225 Å². The van der Waals surface area contributed by atoms with Crippen LogP contribution in [0, 0.1) is 0 Å². The third-order valence-corrected chi connectivity index (χ3v) is 10.1. The lowest BCUT2D eigenvalue weighted by Crippen LogP contribution is -2.24. The van der Waals surface area contributed by atoms with Gasteiger partial charge in [0.25, 0.3) is 0 Å². The first kappa shape index (κ1) is 28.6. The summed E-state index contributed by atoms with van der Waals surface area (Å²) in [5.74, 6) is 1.58. The van der Waals surface area contributed by atoms with E-state index in [0.717, 1.165) is 55.2 Å². The zero-order valence-electron chi connectivity index (χ0n) is 24.0. The molecule has 0 atom stereocenters. The van der Waals surface area contributed by atoms with Gasteiger partial charge in [-0.1, -0.05) is 104 Å². The molecule has 0 radical (unpaired) electrons. The quantitative estimate of drug-likeness (QED) is 0.355. The molecular weight excluding hydrogens is 475 g/mol. The van der Waals surface area contributed by atoms with Crippen molar-refractivity contribution in [3.05, 3.63) is 52.1 Å². The molecule has 0 saturated heterocycles. The number of hydrogen-bond acceptors (Lipinski definition) is 1. The minimum absolute atomic E-state index is 0.244. The highest BCUT2D eigenvalue weighted by Crippen LogP contribution is 2.50. The predicted molar refractivity (Wildman–Crippen MR) is 157 cm³/mol. The van der Waals surface area contributed by atoms with Crippen molar-refractivity contribution in [3.63, 3.8) is 0 Å². The maximum Gasteiger partial charge on any atom is 0.357 e. The second-order valence-corrected chi connectivity index (χ2v) is 14.3. The van der Waals surface area contributed by atoms with Crippen LogP contribution in [0.25, 0.3) is 11.1 Å². The van der Waals surface area contributed by atoms with Crippen LogP contribution < -0.4 is 5.30 Å². The lowest BCUT2D eigenvalue weighted by Gasteiger charge is -2.33. The zero-order chi connectivity index (χ0) is 26.9. The molecule has 0 aromatic heterocycles. The number of benzene rings is 2. The minimum Gasteiger partial charge on any atom is -0.321 e. The minimum atomic E-state index is -4.53. The molecule has 0 unspecified atom stereocenters. The Kier molecular flexibility index (Phi) is 9.09. The van der Waals surface area contributed by atoms with Crippen LogP contribution in [0.3, 0.4) is 0 Å². The van der Waals surface area contributed by atoms with Crippen molar-refractivity contribution < 1.29 is 14.4 Å². The maximum atomic E-state index is 13.6. The first-order chi connectivity index (χ1) is 17.5. The summed E-state index contributed by atoms with van der Waals surface area (Å²) in [7, 11) is -4.53. The van der Waals surface area contributed by atoms with E-state index >= 15 is 0 Å². The smallest absolute Gasteiger partial charge is 0.321 e. The third-order valence-electron chi connectivity index (χ3n) is 9.00. The van der Waals surface area contributed by atoms with Crippen molar-refractivity contribution >= 4 is 12.9 Å². The van der Waals surface area contributed by atoms with Crippen LogP contribution in [0.15, 0.2) is 24.3 Å². The van der Waals surface area contributed by atoms with Gasteiger partial charge in [0, 0.05) is 0 Å². The molecule has 2 saturated carbocycles. The summed E-state index contributed by atoms with van der Waals surface area (Å²) < 4.78 is 13.6. The fourth-order valence-corrected chi connectivity index (χ4v) is 8.12. The van der Waals surface area contributed by atoms with E-state index in [4.69, 9.17) is 0 Å². The Morgan fingerprint density at radius 2 is 1.19 bits per heavy atom. The lowest BCUT2D eigenvalue weighted by molar-refractivity contribution is 0.384. The fraction of sp³-hybridized carbons (Fsp3) is 0.636. The van der Waals surface area contributed by atoms with Crippen molar-refractivity contribution in [1.82, 2.24) is 0 Å². The molecule has 4 rings (SSSR count). The molecule has 2 aliphatic rings. The van der Waals surface area contributed by atoms with Crippen LogP contribution in [0.2, 0.25) is 0 Å². The number of hydrogen-bond donors (Lipinski definition) is 2. The summed E-state index contributed by atoms with van der Waals surface area (Å²) in [5, 5.41) is 0.351. The number of rotatable bonds is 7. The molecule has 0 spiro atoms. The van der Waals surface area contributed by atoms with Gasteiger partial charge in [-0.2, -0.15) is 0 Å². The van der Waals surface area contributed by atoms with Gasteiger partial charge < -0.3 is 9.79 Å². The van der Waals surface area contributed by atoms with Gasteiger partial charge >= 0.3 is 7.60 Å². The monoisotopic (exact) mass is 524 g/mol. The Morgan fingerprint density at radius 3 is 1.62 bits per heavy atom. The van der Waals surface area contributed by atoms with Gasteiger partial charge in [0.1, 0.15) is 0 Å². The molecule has 0 bridgehead atoms. The molecule has 2 aromatic rings. The highest BCUT2D eigenvalue weighted by Gasteiger charge is 2.36. The van der Waals surface area contributed by atoms with Crippen LogP contribution in [-0.4, -0.2) is 9.79 Å². The molecule has 2 aliphatic carbocycles. The van der Waals surface area contributed by atoms with Crippen LogP contribution in [0.5, 0.6) is 0 Å². The van der Waals surface area contributed by atoms with Crippen molar-refractivity contribution in [2.45, 2.75) is 135 Å². The average molecular weight is 525 g/mol. The van der Waals surface area contributed by atoms with Crippen molar-refractivity contribution in [3.8, 4) is 11.1 Å². The molecule has 0 aliphatic heterocycles.